The topological polar surface area (TPSA) is 56.5 Å². The van der Waals surface area contributed by atoms with Crippen LogP contribution in [0.1, 0.15) is 0 Å². The minimum absolute atomic E-state index is 0.286. The molecule has 0 spiro atoms. The number of para-hydroxylation sites is 2. The molecule has 124 valence electrons. The first kappa shape index (κ1) is 14.7. The molecule has 0 fully saturated rings. The van der Waals surface area contributed by atoms with Crippen LogP contribution in [0.2, 0.25) is 0 Å². The second-order valence-corrected chi connectivity index (χ2v) is 5.86. The van der Waals surface area contributed by atoms with Crippen LogP contribution in [0.4, 0.5) is 4.39 Å². The van der Waals surface area contributed by atoms with Crippen molar-refractivity contribution in [3.05, 3.63) is 79.0 Å². The van der Waals surface area contributed by atoms with Crippen molar-refractivity contribution in [3.63, 3.8) is 0 Å². The summed E-state index contributed by atoms with van der Waals surface area (Å²) in [5, 5.41) is 0.812. The van der Waals surface area contributed by atoms with E-state index in [0.29, 0.717) is 17.3 Å². The molecule has 0 amide bonds. The molecule has 5 rings (SSSR count). The van der Waals surface area contributed by atoms with Crippen LogP contribution in [0.5, 0.6) is 0 Å². The van der Waals surface area contributed by atoms with Crippen molar-refractivity contribution in [2.75, 3.05) is 0 Å². The van der Waals surface area contributed by atoms with Gasteiger partial charge in [0.05, 0.1) is 16.7 Å². The summed E-state index contributed by atoms with van der Waals surface area (Å²) in [6.07, 6.45) is 3.39. The molecule has 0 aliphatic heterocycles. The number of pyridine rings is 1. The highest BCUT2D eigenvalue weighted by atomic mass is 19.1. The van der Waals surface area contributed by atoms with Crippen LogP contribution in [0.3, 0.4) is 0 Å². The number of hydrogen-bond donors (Lipinski definition) is 0. The van der Waals surface area contributed by atoms with Gasteiger partial charge in [0.1, 0.15) is 12.1 Å². The Balaban J connectivity index is 1.81. The number of rotatable bonds is 2. The molecule has 0 saturated heterocycles. The van der Waals surface area contributed by atoms with Gasteiger partial charge >= 0.3 is 0 Å². The number of nitrogens with zero attached hydrogens (tertiary/aromatic N) is 5. The van der Waals surface area contributed by atoms with E-state index in [-0.39, 0.29) is 5.82 Å². The number of aromatic nitrogens is 5. The Morgan fingerprint density at radius 1 is 0.808 bits per heavy atom. The maximum Gasteiger partial charge on any atom is 0.238 e. The van der Waals surface area contributed by atoms with Crippen molar-refractivity contribution in [1.29, 1.82) is 0 Å². The Hall–Kier alpha value is -3.67. The number of imidazole rings is 1. The summed E-state index contributed by atoms with van der Waals surface area (Å²) in [7, 11) is 0. The normalized spacial score (nSPS) is 11.3. The number of halogens is 1. The molecule has 3 aromatic heterocycles. The first-order valence-electron chi connectivity index (χ1n) is 8.11. The molecule has 0 radical (unpaired) electrons. The molecule has 6 heteroatoms. The average Bonchev–Trinajstić information content (AvgIpc) is 3.12. The van der Waals surface area contributed by atoms with Crippen LogP contribution in [0, 0.1) is 5.82 Å². The predicted octanol–water partition coefficient (Wildman–Crippen LogP) is 4.17. The third-order valence-corrected chi connectivity index (χ3v) is 4.25. The van der Waals surface area contributed by atoms with E-state index in [0.717, 1.165) is 22.0 Å². The van der Waals surface area contributed by atoms with E-state index in [1.165, 1.54) is 12.1 Å². The zero-order chi connectivity index (χ0) is 17.5. The Morgan fingerprint density at radius 3 is 2.54 bits per heavy atom. The highest BCUT2D eigenvalue weighted by Crippen LogP contribution is 2.27. The minimum atomic E-state index is -0.286. The van der Waals surface area contributed by atoms with E-state index in [2.05, 4.69) is 15.0 Å². The van der Waals surface area contributed by atoms with E-state index in [1.54, 1.807) is 24.7 Å². The first-order chi connectivity index (χ1) is 12.8. The van der Waals surface area contributed by atoms with Crippen LogP contribution in [0.15, 0.2) is 73.2 Å². The number of fused-ring (bicyclic) bond motifs is 2. The highest BCUT2D eigenvalue weighted by Gasteiger charge is 2.13. The average molecular weight is 341 g/mol. The Kier molecular flexibility index (Phi) is 3.21. The van der Waals surface area contributed by atoms with Crippen molar-refractivity contribution in [2.45, 2.75) is 0 Å². The third-order valence-electron chi connectivity index (χ3n) is 4.25. The van der Waals surface area contributed by atoms with E-state index >= 15 is 0 Å². The van der Waals surface area contributed by atoms with Gasteiger partial charge in [0.15, 0.2) is 5.65 Å². The number of hydrogen-bond acceptors (Lipinski definition) is 4. The Labute approximate surface area is 147 Å². The van der Waals surface area contributed by atoms with Gasteiger partial charge in [0, 0.05) is 17.1 Å². The fourth-order valence-corrected chi connectivity index (χ4v) is 3.00. The lowest BCUT2D eigenvalue weighted by atomic mass is 10.1. The molecule has 0 aliphatic carbocycles. The number of benzene rings is 2. The van der Waals surface area contributed by atoms with E-state index in [9.17, 15) is 4.39 Å². The third kappa shape index (κ3) is 2.31. The van der Waals surface area contributed by atoms with Gasteiger partial charge < -0.3 is 0 Å². The van der Waals surface area contributed by atoms with E-state index < -0.39 is 0 Å². The fourth-order valence-electron chi connectivity index (χ4n) is 3.00. The molecule has 0 saturated carbocycles. The van der Waals surface area contributed by atoms with Gasteiger partial charge in [-0.05, 0) is 48.5 Å². The fraction of sp³-hybridized carbons (Fsp3) is 0. The summed E-state index contributed by atoms with van der Waals surface area (Å²) in [5.74, 6) is 0.190. The van der Waals surface area contributed by atoms with Gasteiger partial charge in [0.2, 0.25) is 5.95 Å². The van der Waals surface area contributed by atoms with E-state index in [4.69, 9.17) is 4.98 Å². The Bertz CT molecular complexity index is 1240. The molecule has 5 nitrogen and oxygen atoms in total. The Morgan fingerprint density at radius 2 is 1.65 bits per heavy atom. The first-order valence-corrected chi connectivity index (χ1v) is 8.11. The van der Waals surface area contributed by atoms with Crippen LogP contribution in [-0.2, 0) is 0 Å². The van der Waals surface area contributed by atoms with Crippen LogP contribution in [-0.4, -0.2) is 24.5 Å². The van der Waals surface area contributed by atoms with Crippen molar-refractivity contribution >= 4 is 22.1 Å². The van der Waals surface area contributed by atoms with Gasteiger partial charge in [-0.2, -0.15) is 4.98 Å². The molecule has 0 unspecified atom stereocenters. The molecule has 2 aromatic carbocycles. The molecule has 26 heavy (non-hydrogen) atoms. The lowest BCUT2D eigenvalue weighted by Crippen LogP contribution is -2.03. The van der Waals surface area contributed by atoms with Crippen LogP contribution >= 0.6 is 0 Å². The molecule has 0 N–H and O–H groups in total. The molecule has 0 bridgehead atoms. The van der Waals surface area contributed by atoms with Gasteiger partial charge in [-0.15, -0.1) is 0 Å². The van der Waals surface area contributed by atoms with Gasteiger partial charge in [-0.25, -0.2) is 19.3 Å². The zero-order valence-electron chi connectivity index (χ0n) is 13.5. The maximum atomic E-state index is 13.3. The SMILES string of the molecule is Fc1ccc(-c2nc(-n3cnc4ccccc43)nc3ncccc23)cc1. The standard InChI is InChI=1S/C20H12FN5/c21-14-9-7-13(8-10-14)18-15-4-3-11-22-19(15)25-20(24-18)26-12-23-16-5-1-2-6-17(16)26/h1-12H. The molecular weight excluding hydrogens is 329 g/mol. The van der Waals surface area contributed by atoms with Crippen molar-refractivity contribution in [1.82, 2.24) is 24.5 Å². The highest BCUT2D eigenvalue weighted by molar-refractivity contribution is 5.90. The quantitative estimate of drug-likeness (QED) is 0.483. The molecule has 0 atom stereocenters. The predicted molar refractivity (Wildman–Crippen MR) is 97.4 cm³/mol. The van der Waals surface area contributed by atoms with Crippen molar-refractivity contribution < 1.29 is 4.39 Å². The summed E-state index contributed by atoms with van der Waals surface area (Å²) >= 11 is 0. The van der Waals surface area contributed by atoms with Gasteiger partial charge in [0.25, 0.3) is 0 Å². The monoisotopic (exact) mass is 341 g/mol. The summed E-state index contributed by atoms with van der Waals surface area (Å²) in [6, 6.07) is 17.8. The lowest BCUT2D eigenvalue weighted by Gasteiger charge is -2.09. The van der Waals surface area contributed by atoms with E-state index in [1.807, 2.05) is 41.0 Å². The minimum Gasteiger partial charge on any atom is -0.267 e. The molecule has 5 aromatic rings. The summed E-state index contributed by atoms with van der Waals surface area (Å²) in [6.45, 7) is 0. The molecular formula is C20H12FN5. The van der Waals surface area contributed by atoms with Crippen LogP contribution < -0.4 is 0 Å². The molecule has 0 aliphatic rings. The smallest absolute Gasteiger partial charge is 0.238 e. The largest absolute Gasteiger partial charge is 0.267 e. The second kappa shape index (κ2) is 5.70. The van der Waals surface area contributed by atoms with Crippen molar-refractivity contribution in [2.24, 2.45) is 0 Å². The summed E-state index contributed by atoms with van der Waals surface area (Å²) in [4.78, 5) is 18.1. The summed E-state index contributed by atoms with van der Waals surface area (Å²) < 4.78 is 15.2. The zero-order valence-corrected chi connectivity index (χ0v) is 13.5. The van der Waals surface area contributed by atoms with Crippen molar-refractivity contribution in [3.8, 4) is 17.2 Å². The molecule has 3 heterocycles. The van der Waals surface area contributed by atoms with Gasteiger partial charge in [-0.3, -0.25) is 4.57 Å². The van der Waals surface area contributed by atoms with Gasteiger partial charge in [-0.1, -0.05) is 12.1 Å². The lowest BCUT2D eigenvalue weighted by molar-refractivity contribution is 0.628. The summed E-state index contributed by atoms with van der Waals surface area (Å²) in [5.41, 5.74) is 3.86. The maximum absolute atomic E-state index is 13.3. The second-order valence-electron chi connectivity index (χ2n) is 5.86. The van der Waals surface area contributed by atoms with Crippen LogP contribution in [0.25, 0.3) is 39.3 Å².